The molecule has 3 rings (SSSR count). The molecule has 1 atom stereocenters. The molecule has 1 amide bonds. The number of hydrogen-bond donors (Lipinski definition) is 1. The summed E-state index contributed by atoms with van der Waals surface area (Å²) in [5.74, 6) is -0.324. The number of anilines is 1. The molecule has 1 N–H and O–H groups in total. The highest BCUT2D eigenvalue weighted by molar-refractivity contribution is 5.98. The Bertz CT molecular complexity index is 859. The second-order valence-electron chi connectivity index (χ2n) is 6.93. The Balaban J connectivity index is 1.66. The van der Waals surface area contributed by atoms with Crippen LogP contribution < -0.4 is 10.1 Å². The number of fused-ring (bicyclic) bond motifs is 1. The van der Waals surface area contributed by atoms with Crippen molar-refractivity contribution in [2.75, 3.05) is 12.4 Å². The predicted octanol–water partition coefficient (Wildman–Crippen LogP) is 4.07. The van der Waals surface area contributed by atoms with E-state index in [0.29, 0.717) is 17.0 Å². The average molecular weight is 367 g/mol. The molecular weight excluding hydrogens is 342 g/mol. The second kappa shape index (κ2) is 8.25. The molecule has 1 aliphatic rings. The van der Waals surface area contributed by atoms with E-state index in [1.807, 2.05) is 31.2 Å². The maximum atomic E-state index is 12.4. The highest BCUT2D eigenvalue weighted by Crippen LogP contribution is 2.26. The van der Waals surface area contributed by atoms with Gasteiger partial charge in [0.25, 0.3) is 5.91 Å². The van der Waals surface area contributed by atoms with Gasteiger partial charge in [-0.25, -0.2) is 4.79 Å². The fourth-order valence-electron chi connectivity index (χ4n) is 3.30. The van der Waals surface area contributed by atoms with Crippen LogP contribution in [0.2, 0.25) is 0 Å². The first-order chi connectivity index (χ1) is 13.0. The van der Waals surface area contributed by atoms with Crippen molar-refractivity contribution in [1.29, 1.82) is 0 Å². The van der Waals surface area contributed by atoms with Gasteiger partial charge < -0.3 is 14.8 Å². The number of ether oxygens (including phenoxy) is 2. The summed E-state index contributed by atoms with van der Waals surface area (Å²) < 4.78 is 10.6. The molecule has 2 aromatic rings. The van der Waals surface area contributed by atoms with Crippen LogP contribution in [-0.2, 0) is 22.4 Å². The molecule has 0 aliphatic heterocycles. The van der Waals surface area contributed by atoms with Crippen LogP contribution >= 0.6 is 0 Å². The lowest BCUT2D eigenvalue weighted by molar-refractivity contribution is -0.123. The van der Waals surface area contributed by atoms with Gasteiger partial charge in [0.05, 0.1) is 18.4 Å². The molecule has 5 nitrogen and oxygen atoms in total. The summed E-state index contributed by atoms with van der Waals surface area (Å²) >= 11 is 0. The molecule has 2 aromatic carbocycles. The number of carbonyl (C=O) groups is 2. The Kier molecular flexibility index (Phi) is 5.79. The summed E-state index contributed by atoms with van der Waals surface area (Å²) in [6.07, 6.45) is 3.46. The molecule has 1 aliphatic carbocycles. The van der Waals surface area contributed by atoms with Gasteiger partial charge in [0.2, 0.25) is 0 Å². The molecule has 27 heavy (non-hydrogen) atoms. The highest BCUT2D eigenvalue weighted by atomic mass is 16.5. The van der Waals surface area contributed by atoms with E-state index in [2.05, 4.69) is 5.32 Å². The average Bonchev–Trinajstić information content (AvgIpc) is 2.67. The normalized spacial score (nSPS) is 14.0. The van der Waals surface area contributed by atoms with Gasteiger partial charge >= 0.3 is 5.97 Å². The van der Waals surface area contributed by atoms with Crippen LogP contribution in [0, 0.1) is 6.92 Å². The summed E-state index contributed by atoms with van der Waals surface area (Å²) in [4.78, 5) is 24.9. The van der Waals surface area contributed by atoms with Crippen molar-refractivity contribution in [3.63, 3.8) is 0 Å². The van der Waals surface area contributed by atoms with E-state index in [-0.39, 0.29) is 0 Å². The highest BCUT2D eigenvalue weighted by Gasteiger charge is 2.21. The van der Waals surface area contributed by atoms with Crippen LogP contribution in [0.4, 0.5) is 5.69 Å². The van der Waals surface area contributed by atoms with Gasteiger partial charge in [-0.3, -0.25) is 4.79 Å². The summed E-state index contributed by atoms with van der Waals surface area (Å²) in [5.41, 5.74) is 4.54. The van der Waals surface area contributed by atoms with Gasteiger partial charge in [-0.2, -0.15) is 0 Å². The third-order valence-electron chi connectivity index (χ3n) is 4.85. The number of carbonyl (C=O) groups excluding carboxylic acids is 2. The Morgan fingerprint density at radius 1 is 1.04 bits per heavy atom. The minimum absolute atomic E-state index is 0.398. The van der Waals surface area contributed by atoms with Crippen LogP contribution in [0.1, 0.15) is 46.8 Å². The fraction of sp³-hybridized carbons (Fsp3) is 0.364. The van der Waals surface area contributed by atoms with Gasteiger partial charge in [0.15, 0.2) is 6.10 Å². The van der Waals surface area contributed by atoms with E-state index in [1.54, 1.807) is 26.2 Å². The summed E-state index contributed by atoms with van der Waals surface area (Å²) in [6.45, 7) is 3.49. The number of benzene rings is 2. The molecule has 0 saturated heterocycles. The van der Waals surface area contributed by atoms with Crippen molar-refractivity contribution in [2.45, 2.75) is 45.6 Å². The Labute approximate surface area is 159 Å². The lowest BCUT2D eigenvalue weighted by Gasteiger charge is -2.18. The molecule has 5 heteroatoms. The minimum Gasteiger partial charge on any atom is -0.495 e. The number of hydrogen-bond acceptors (Lipinski definition) is 4. The Morgan fingerprint density at radius 3 is 2.52 bits per heavy atom. The zero-order valence-corrected chi connectivity index (χ0v) is 16.0. The lowest BCUT2D eigenvalue weighted by atomic mass is 9.90. The standard InChI is InChI=1S/C22H25NO4/c1-14-8-11-20(26-3)19(12-14)23-21(24)15(2)27-22(25)18-10-9-16-6-4-5-7-17(16)13-18/h8-13,15H,4-7H2,1-3H3,(H,23,24)/t15-/m1/s1. The molecule has 0 spiro atoms. The van der Waals surface area contributed by atoms with E-state index >= 15 is 0 Å². The topological polar surface area (TPSA) is 64.6 Å². The number of nitrogens with one attached hydrogen (secondary N) is 1. The molecule has 0 saturated carbocycles. The summed E-state index contributed by atoms with van der Waals surface area (Å²) in [7, 11) is 1.54. The third kappa shape index (κ3) is 4.48. The van der Waals surface area contributed by atoms with Crippen molar-refractivity contribution >= 4 is 17.6 Å². The first-order valence-electron chi connectivity index (χ1n) is 9.26. The third-order valence-corrected chi connectivity index (χ3v) is 4.85. The minimum atomic E-state index is -0.918. The zero-order valence-electron chi connectivity index (χ0n) is 16.0. The summed E-state index contributed by atoms with van der Waals surface area (Å²) in [6, 6.07) is 11.2. The lowest BCUT2D eigenvalue weighted by Crippen LogP contribution is -2.30. The van der Waals surface area contributed by atoms with Crippen LogP contribution in [-0.4, -0.2) is 25.1 Å². The number of esters is 1. The van der Waals surface area contributed by atoms with Crippen molar-refractivity contribution in [3.8, 4) is 5.75 Å². The quantitative estimate of drug-likeness (QED) is 0.809. The van der Waals surface area contributed by atoms with E-state index in [1.165, 1.54) is 17.5 Å². The molecule has 0 fully saturated rings. The SMILES string of the molecule is COc1ccc(C)cc1NC(=O)[C@@H](C)OC(=O)c1ccc2c(c1)CCCC2. The maximum Gasteiger partial charge on any atom is 0.338 e. The van der Waals surface area contributed by atoms with Crippen LogP contribution in [0.25, 0.3) is 0 Å². The zero-order chi connectivity index (χ0) is 19.4. The number of amides is 1. The van der Waals surface area contributed by atoms with Crippen molar-refractivity contribution < 1.29 is 19.1 Å². The largest absolute Gasteiger partial charge is 0.495 e. The van der Waals surface area contributed by atoms with Crippen molar-refractivity contribution in [3.05, 3.63) is 58.7 Å². The molecule has 0 heterocycles. The number of aryl methyl sites for hydroxylation is 3. The Hall–Kier alpha value is -2.82. The van der Waals surface area contributed by atoms with E-state index in [4.69, 9.17) is 9.47 Å². The smallest absolute Gasteiger partial charge is 0.338 e. The molecule has 142 valence electrons. The molecule has 0 unspecified atom stereocenters. The first-order valence-corrected chi connectivity index (χ1v) is 9.26. The van der Waals surface area contributed by atoms with Gasteiger partial charge in [-0.15, -0.1) is 0 Å². The van der Waals surface area contributed by atoms with Crippen LogP contribution in [0.15, 0.2) is 36.4 Å². The first kappa shape index (κ1) is 19.0. The molecule has 0 bridgehead atoms. The van der Waals surface area contributed by atoms with Gasteiger partial charge in [0, 0.05) is 0 Å². The Morgan fingerprint density at radius 2 is 1.78 bits per heavy atom. The van der Waals surface area contributed by atoms with E-state index in [0.717, 1.165) is 24.8 Å². The molecular formula is C22H25NO4. The van der Waals surface area contributed by atoms with Crippen molar-refractivity contribution in [2.24, 2.45) is 0 Å². The van der Waals surface area contributed by atoms with Crippen LogP contribution in [0.5, 0.6) is 5.75 Å². The molecule has 0 aromatic heterocycles. The van der Waals surface area contributed by atoms with E-state index < -0.39 is 18.0 Å². The van der Waals surface area contributed by atoms with Crippen molar-refractivity contribution in [1.82, 2.24) is 0 Å². The van der Waals surface area contributed by atoms with Crippen LogP contribution in [0.3, 0.4) is 0 Å². The number of rotatable bonds is 5. The molecule has 0 radical (unpaired) electrons. The maximum absolute atomic E-state index is 12.4. The van der Waals surface area contributed by atoms with Gasteiger partial charge in [-0.05, 0) is 80.5 Å². The predicted molar refractivity (Wildman–Crippen MR) is 104 cm³/mol. The number of methoxy groups -OCH3 is 1. The fourth-order valence-corrected chi connectivity index (χ4v) is 3.30. The van der Waals surface area contributed by atoms with Gasteiger partial charge in [0.1, 0.15) is 5.75 Å². The monoisotopic (exact) mass is 367 g/mol. The summed E-state index contributed by atoms with van der Waals surface area (Å²) in [5, 5.41) is 2.77. The van der Waals surface area contributed by atoms with E-state index in [9.17, 15) is 9.59 Å². The van der Waals surface area contributed by atoms with Gasteiger partial charge in [-0.1, -0.05) is 12.1 Å². The second-order valence-corrected chi connectivity index (χ2v) is 6.93.